The monoisotopic (exact) mass is 403 g/mol. The molecule has 3 rings (SSSR count). The molecule has 0 radical (unpaired) electrons. The molecule has 7 heteroatoms. The molecular formula is C21H26ClN3O3. The fourth-order valence-corrected chi connectivity index (χ4v) is 3.89. The third-order valence-electron chi connectivity index (χ3n) is 4.99. The summed E-state index contributed by atoms with van der Waals surface area (Å²) in [5, 5.41) is 5.04. The maximum Gasteiger partial charge on any atom is 0.310 e. The lowest BCUT2D eigenvalue weighted by atomic mass is 9.97. The molecule has 150 valence electrons. The number of halogens is 1. The van der Waals surface area contributed by atoms with Crippen LogP contribution in [-0.2, 0) is 9.53 Å². The molecule has 1 aromatic carbocycles. The van der Waals surface area contributed by atoms with E-state index in [2.05, 4.69) is 5.10 Å². The van der Waals surface area contributed by atoms with Crippen LogP contribution in [-0.4, -0.2) is 46.3 Å². The molecule has 0 unspecified atom stereocenters. The Kier molecular flexibility index (Phi) is 6.39. The van der Waals surface area contributed by atoms with E-state index < -0.39 is 0 Å². The van der Waals surface area contributed by atoms with Gasteiger partial charge in [-0.15, -0.1) is 0 Å². The minimum absolute atomic E-state index is 0.0726. The topological polar surface area (TPSA) is 64.4 Å². The fourth-order valence-electron chi connectivity index (χ4n) is 3.68. The standard InChI is InChI=1S/C21H26ClN3O3/c1-4-28-21(27)15-8-7-11-24(13-15)20(26)16-12-23-25(19(16)14(2)3)18-10-6-5-9-17(18)22/h5-6,9-10,12,14-15H,4,7-8,11,13H2,1-3H3/t15-/m0/s1. The molecule has 1 aromatic heterocycles. The van der Waals surface area contributed by atoms with Gasteiger partial charge >= 0.3 is 5.97 Å². The second-order valence-corrected chi connectivity index (χ2v) is 7.71. The summed E-state index contributed by atoms with van der Waals surface area (Å²) in [4.78, 5) is 27.1. The first-order valence-electron chi connectivity index (χ1n) is 9.72. The largest absolute Gasteiger partial charge is 0.466 e. The maximum absolute atomic E-state index is 13.3. The molecule has 0 bridgehead atoms. The molecule has 2 aromatic rings. The number of benzene rings is 1. The SMILES string of the molecule is CCOC(=O)[C@H]1CCCN(C(=O)c2cnn(-c3ccccc3Cl)c2C(C)C)C1. The lowest BCUT2D eigenvalue weighted by molar-refractivity contribution is -0.149. The van der Waals surface area contributed by atoms with Gasteiger partial charge in [0, 0.05) is 13.1 Å². The summed E-state index contributed by atoms with van der Waals surface area (Å²) in [5.41, 5.74) is 2.12. The molecule has 1 aliphatic heterocycles. The van der Waals surface area contributed by atoms with Crippen molar-refractivity contribution in [3.05, 3.63) is 46.7 Å². The van der Waals surface area contributed by atoms with Gasteiger partial charge in [0.2, 0.25) is 0 Å². The average Bonchev–Trinajstić information content (AvgIpc) is 3.13. The van der Waals surface area contributed by atoms with E-state index in [0.717, 1.165) is 24.2 Å². The van der Waals surface area contributed by atoms with E-state index in [-0.39, 0.29) is 23.7 Å². The molecule has 2 heterocycles. The van der Waals surface area contributed by atoms with Crippen LogP contribution >= 0.6 is 11.6 Å². The average molecular weight is 404 g/mol. The Morgan fingerprint density at radius 2 is 2.07 bits per heavy atom. The summed E-state index contributed by atoms with van der Waals surface area (Å²) in [6.45, 7) is 7.21. The Morgan fingerprint density at radius 3 is 2.75 bits per heavy atom. The molecule has 28 heavy (non-hydrogen) atoms. The Bertz CT molecular complexity index is 862. The molecule has 1 fully saturated rings. The maximum atomic E-state index is 13.3. The lowest BCUT2D eigenvalue weighted by Gasteiger charge is -2.31. The summed E-state index contributed by atoms with van der Waals surface area (Å²) >= 11 is 6.35. The molecule has 1 atom stereocenters. The van der Waals surface area contributed by atoms with Crippen molar-refractivity contribution in [1.29, 1.82) is 0 Å². The highest BCUT2D eigenvalue weighted by molar-refractivity contribution is 6.32. The number of nitrogens with zero attached hydrogens (tertiary/aromatic N) is 3. The van der Waals surface area contributed by atoms with E-state index in [1.54, 1.807) is 28.8 Å². The second kappa shape index (κ2) is 8.78. The number of ether oxygens (including phenoxy) is 1. The Balaban J connectivity index is 1.90. The van der Waals surface area contributed by atoms with Crippen LogP contribution in [0.15, 0.2) is 30.5 Å². The van der Waals surface area contributed by atoms with E-state index in [9.17, 15) is 9.59 Å². The fraction of sp³-hybridized carbons (Fsp3) is 0.476. The molecule has 1 aliphatic rings. The van der Waals surface area contributed by atoms with Crippen LogP contribution in [0.2, 0.25) is 5.02 Å². The first-order valence-corrected chi connectivity index (χ1v) is 10.1. The van der Waals surface area contributed by atoms with Crippen LogP contribution in [0.1, 0.15) is 55.6 Å². The highest BCUT2D eigenvalue weighted by Gasteiger charge is 2.32. The van der Waals surface area contributed by atoms with Gasteiger partial charge in [0.25, 0.3) is 5.91 Å². The lowest BCUT2D eigenvalue weighted by Crippen LogP contribution is -2.43. The molecule has 0 spiro atoms. The molecule has 0 aliphatic carbocycles. The number of carbonyl (C=O) groups excluding carboxylic acids is 2. The zero-order valence-corrected chi connectivity index (χ0v) is 17.3. The Labute approximate surface area is 170 Å². The number of amides is 1. The van der Waals surface area contributed by atoms with Crippen molar-refractivity contribution in [3.63, 3.8) is 0 Å². The first kappa shape index (κ1) is 20.4. The summed E-state index contributed by atoms with van der Waals surface area (Å²) < 4.78 is 6.89. The normalized spacial score (nSPS) is 17.0. The van der Waals surface area contributed by atoms with Crippen LogP contribution in [0.5, 0.6) is 0 Å². The smallest absolute Gasteiger partial charge is 0.310 e. The molecule has 0 saturated carbocycles. The van der Waals surface area contributed by atoms with Gasteiger partial charge in [-0.25, -0.2) is 4.68 Å². The zero-order chi connectivity index (χ0) is 20.3. The van der Waals surface area contributed by atoms with Gasteiger partial charge in [0.05, 0.1) is 40.7 Å². The summed E-state index contributed by atoms with van der Waals surface area (Å²) in [6, 6.07) is 7.44. The third kappa shape index (κ3) is 4.07. The van der Waals surface area contributed by atoms with Gasteiger partial charge < -0.3 is 9.64 Å². The molecular weight excluding hydrogens is 378 g/mol. The van der Waals surface area contributed by atoms with Crippen molar-refractivity contribution in [3.8, 4) is 5.69 Å². The Morgan fingerprint density at radius 1 is 1.32 bits per heavy atom. The predicted octanol–water partition coefficient (Wildman–Crippen LogP) is 4.06. The first-order chi connectivity index (χ1) is 13.4. The summed E-state index contributed by atoms with van der Waals surface area (Å²) in [7, 11) is 0. The van der Waals surface area contributed by atoms with E-state index in [1.165, 1.54) is 0 Å². The number of rotatable bonds is 5. The molecule has 0 N–H and O–H groups in total. The number of hydrogen-bond donors (Lipinski definition) is 0. The highest BCUT2D eigenvalue weighted by Crippen LogP contribution is 2.29. The number of aromatic nitrogens is 2. The summed E-state index contributed by atoms with van der Waals surface area (Å²) in [5.74, 6) is -0.519. The minimum atomic E-state index is -0.265. The summed E-state index contributed by atoms with van der Waals surface area (Å²) in [6.07, 6.45) is 3.14. The van der Waals surface area contributed by atoms with Crippen LogP contribution < -0.4 is 0 Å². The van der Waals surface area contributed by atoms with Gasteiger partial charge in [-0.1, -0.05) is 37.6 Å². The number of esters is 1. The van der Waals surface area contributed by atoms with E-state index in [0.29, 0.717) is 30.3 Å². The van der Waals surface area contributed by atoms with Crippen molar-refractivity contribution < 1.29 is 14.3 Å². The second-order valence-electron chi connectivity index (χ2n) is 7.30. The van der Waals surface area contributed by atoms with Crippen molar-refractivity contribution >= 4 is 23.5 Å². The number of likely N-dealkylation sites (tertiary alicyclic amines) is 1. The van der Waals surface area contributed by atoms with Gasteiger partial charge in [0.1, 0.15) is 0 Å². The highest BCUT2D eigenvalue weighted by atomic mass is 35.5. The number of hydrogen-bond acceptors (Lipinski definition) is 4. The molecule has 1 amide bonds. The van der Waals surface area contributed by atoms with Crippen molar-refractivity contribution in [2.45, 2.75) is 39.5 Å². The van der Waals surface area contributed by atoms with Crippen molar-refractivity contribution in [1.82, 2.24) is 14.7 Å². The number of carbonyl (C=O) groups is 2. The zero-order valence-electron chi connectivity index (χ0n) is 16.5. The van der Waals surface area contributed by atoms with E-state index in [4.69, 9.17) is 16.3 Å². The van der Waals surface area contributed by atoms with Crippen LogP contribution in [0.3, 0.4) is 0 Å². The predicted molar refractivity (Wildman–Crippen MR) is 108 cm³/mol. The van der Waals surface area contributed by atoms with Gasteiger partial charge in [-0.05, 0) is 37.8 Å². The van der Waals surface area contributed by atoms with Crippen molar-refractivity contribution in [2.75, 3.05) is 19.7 Å². The van der Waals surface area contributed by atoms with Gasteiger partial charge in [0.15, 0.2) is 0 Å². The number of para-hydroxylation sites is 1. The van der Waals surface area contributed by atoms with Crippen LogP contribution in [0, 0.1) is 5.92 Å². The van der Waals surface area contributed by atoms with E-state index in [1.807, 2.05) is 32.0 Å². The third-order valence-corrected chi connectivity index (χ3v) is 5.31. The van der Waals surface area contributed by atoms with Gasteiger partial charge in [-0.2, -0.15) is 5.10 Å². The minimum Gasteiger partial charge on any atom is -0.466 e. The number of piperidine rings is 1. The Hall–Kier alpha value is -2.34. The van der Waals surface area contributed by atoms with Gasteiger partial charge in [-0.3, -0.25) is 9.59 Å². The van der Waals surface area contributed by atoms with Crippen LogP contribution in [0.25, 0.3) is 5.69 Å². The van der Waals surface area contributed by atoms with E-state index >= 15 is 0 Å². The quantitative estimate of drug-likeness (QED) is 0.706. The molecule has 6 nitrogen and oxygen atoms in total. The van der Waals surface area contributed by atoms with Crippen LogP contribution in [0.4, 0.5) is 0 Å². The molecule has 1 saturated heterocycles. The van der Waals surface area contributed by atoms with Crippen molar-refractivity contribution in [2.24, 2.45) is 5.92 Å².